The number of halogens is 2. The van der Waals surface area contributed by atoms with Crippen molar-refractivity contribution in [1.82, 2.24) is 0 Å². The summed E-state index contributed by atoms with van der Waals surface area (Å²) in [7, 11) is 0. The van der Waals surface area contributed by atoms with Crippen molar-refractivity contribution in [3.63, 3.8) is 0 Å². The Morgan fingerprint density at radius 3 is 2.53 bits per heavy atom. The smallest absolute Gasteiger partial charge is 0.128 e. The Bertz CT molecular complexity index is 591. The highest BCUT2D eigenvalue weighted by molar-refractivity contribution is 5.32. The summed E-state index contributed by atoms with van der Waals surface area (Å²) in [4.78, 5) is 0. The molecule has 0 fully saturated rings. The highest BCUT2D eigenvalue weighted by Gasteiger charge is 2.25. The molecular formula is C16H17F2N. The van der Waals surface area contributed by atoms with Crippen LogP contribution in [0.1, 0.15) is 23.6 Å². The lowest BCUT2D eigenvalue weighted by molar-refractivity contribution is 0.456. The first kappa shape index (κ1) is 13.7. The van der Waals surface area contributed by atoms with E-state index in [0.717, 1.165) is 11.1 Å². The average Bonchev–Trinajstić information content (AvgIpc) is 2.31. The van der Waals surface area contributed by atoms with Gasteiger partial charge in [0.1, 0.15) is 11.6 Å². The van der Waals surface area contributed by atoms with Crippen LogP contribution in [0.3, 0.4) is 0 Å². The molecule has 2 N–H and O–H groups in total. The third-order valence-corrected chi connectivity index (χ3v) is 3.20. The van der Waals surface area contributed by atoms with Crippen LogP contribution in [0.2, 0.25) is 0 Å². The predicted molar refractivity (Wildman–Crippen MR) is 72.8 cm³/mol. The van der Waals surface area contributed by atoms with Crippen LogP contribution in [0.25, 0.3) is 0 Å². The molecule has 0 saturated carbocycles. The van der Waals surface area contributed by atoms with Gasteiger partial charge in [0, 0.05) is 11.1 Å². The minimum absolute atomic E-state index is 0.307. The summed E-state index contributed by atoms with van der Waals surface area (Å²) in [5.74, 6) is -0.634. The van der Waals surface area contributed by atoms with E-state index in [9.17, 15) is 8.78 Å². The Balaban J connectivity index is 2.34. The van der Waals surface area contributed by atoms with Gasteiger partial charge in [-0.15, -0.1) is 0 Å². The molecule has 0 aliphatic rings. The molecule has 2 aromatic carbocycles. The highest BCUT2D eigenvalue weighted by atomic mass is 19.1. The molecule has 1 unspecified atom stereocenters. The Morgan fingerprint density at radius 2 is 1.84 bits per heavy atom. The fourth-order valence-electron chi connectivity index (χ4n) is 2.24. The summed E-state index contributed by atoms with van der Waals surface area (Å²) in [5, 5.41) is 0. The standard InChI is InChI=1S/C16H17F2N/c1-11-6-7-15(18)14(8-11)16(2,19)10-12-4-3-5-13(17)9-12/h3-9H,10,19H2,1-2H3. The topological polar surface area (TPSA) is 26.0 Å². The first-order valence-electron chi connectivity index (χ1n) is 6.18. The van der Waals surface area contributed by atoms with E-state index in [1.54, 1.807) is 31.2 Å². The van der Waals surface area contributed by atoms with Crippen LogP contribution in [0.4, 0.5) is 8.78 Å². The Morgan fingerprint density at radius 1 is 1.11 bits per heavy atom. The van der Waals surface area contributed by atoms with E-state index < -0.39 is 5.54 Å². The number of rotatable bonds is 3. The maximum atomic E-state index is 13.9. The second-order valence-electron chi connectivity index (χ2n) is 5.21. The number of nitrogens with two attached hydrogens (primary N) is 1. The van der Waals surface area contributed by atoms with E-state index in [2.05, 4.69) is 0 Å². The van der Waals surface area contributed by atoms with Gasteiger partial charge in [0.05, 0.1) is 0 Å². The molecule has 0 bridgehead atoms. The van der Waals surface area contributed by atoms with E-state index in [0.29, 0.717) is 12.0 Å². The molecule has 0 aliphatic heterocycles. The molecule has 2 aromatic rings. The summed E-state index contributed by atoms with van der Waals surface area (Å²) in [6.45, 7) is 3.65. The maximum absolute atomic E-state index is 13.9. The number of benzene rings is 2. The zero-order valence-corrected chi connectivity index (χ0v) is 11.1. The normalized spacial score (nSPS) is 14.2. The van der Waals surface area contributed by atoms with Crippen LogP contribution in [0, 0.1) is 18.6 Å². The predicted octanol–water partition coefficient (Wildman–Crippen LogP) is 3.69. The number of hydrogen-bond acceptors (Lipinski definition) is 1. The van der Waals surface area contributed by atoms with Gasteiger partial charge in [-0.25, -0.2) is 8.78 Å². The molecule has 19 heavy (non-hydrogen) atoms. The lowest BCUT2D eigenvalue weighted by Crippen LogP contribution is -2.36. The van der Waals surface area contributed by atoms with Crippen molar-refractivity contribution >= 4 is 0 Å². The summed E-state index contributed by atoms with van der Waals surface area (Å²) >= 11 is 0. The first-order chi connectivity index (χ1) is 8.88. The maximum Gasteiger partial charge on any atom is 0.128 e. The van der Waals surface area contributed by atoms with Crippen molar-refractivity contribution in [3.05, 3.63) is 70.8 Å². The van der Waals surface area contributed by atoms with Crippen LogP contribution >= 0.6 is 0 Å². The van der Waals surface area contributed by atoms with E-state index in [1.165, 1.54) is 18.2 Å². The van der Waals surface area contributed by atoms with Crippen molar-refractivity contribution in [2.45, 2.75) is 25.8 Å². The van der Waals surface area contributed by atoms with Gasteiger partial charge in [-0.05, 0) is 44.0 Å². The Kier molecular flexibility index (Phi) is 3.67. The largest absolute Gasteiger partial charge is 0.321 e. The Labute approximate surface area is 112 Å². The van der Waals surface area contributed by atoms with Crippen molar-refractivity contribution in [2.75, 3.05) is 0 Å². The van der Waals surface area contributed by atoms with Gasteiger partial charge >= 0.3 is 0 Å². The van der Waals surface area contributed by atoms with Crippen molar-refractivity contribution in [3.8, 4) is 0 Å². The number of hydrogen-bond donors (Lipinski definition) is 1. The Hall–Kier alpha value is -1.74. The second kappa shape index (κ2) is 5.10. The van der Waals surface area contributed by atoms with Crippen molar-refractivity contribution in [2.24, 2.45) is 5.73 Å². The molecule has 0 heterocycles. The molecule has 1 atom stereocenters. The molecule has 0 saturated heterocycles. The summed E-state index contributed by atoms with van der Waals surface area (Å²) in [6, 6.07) is 11.1. The summed E-state index contributed by atoms with van der Waals surface area (Å²) in [6.07, 6.45) is 0.380. The van der Waals surface area contributed by atoms with Gasteiger partial charge in [0.25, 0.3) is 0 Å². The quantitative estimate of drug-likeness (QED) is 0.896. The van der Waals surface area contributed by atoms with Gasteiger partial charge in [-0.2, -0.15) is 0 Å². The minimum Gasteiger partial charge on any atom is -0.321 e. The summed E-state index contributed by atoms with van der Waals surface area (Å²) in [5.41, 5.74) is 7.52. The van der Waals surface area contributed by atoms with Crippen LogP contribution in [0.5, 0.6) is 0 Å². The lowest BCUT2D eigenvalue weighted by atomic mass is 9.85. The van der Waals surface area contributed by atoms with Crippen LogP contribution < -0.4 is 5.73 Å². The van der Waals surface area contributed by atoms with Gasteiger partial charge < -0.3 is 5.73 Å². The van der Waals surface area contributed by atoms with Gasteiger partial charge in [-0.3, -0.25) is 0 Å². The van der Waals surface area contributed by atoms with E-state index in [4.69, 9.17) is 5.73 Å². The van der Waals surface area contributed by atoms with Crippen LogP contribution in [-0.2, 0) is 12.0 Å². The molecule has 0 spiro atoms. The molecule has 0 aromatic heterocycles. The average molecular weight is 261 g/mol. The molecule has 3 heteroatoms. The van der Waals surface area contributed by atoms with Gasteiger partial charge in [0.15, 0.2) is 0 Å². The molecule has 0 radical (unpaired) electrons. The summed E-state index contributed by atoms with van der Waals surface area (Å²) < 4.78 is 27.1. The minimum atomic E-state index is -0.871. The first-order valence-corrected chi connectivity index (χ1v) is 6.18. The lowest BCUT2D eigenvalue weighted by Gasteiger charge is -2.26. The van der Waals surface area contributed by atoms with Gasteiger partial charge in [-0.1, -0.05) is 29.8 Å². The van der Waals surface area contributed by atoms with Crippen molar-refractivity contribution < 1.29 is 8.78 Å². The molecule has 2 rings (SSSR count). The molecular weight excluding hydrogens is 244 g/mol. The third-order valence-electron chi connectivity index (χ3n) is 3.20. The van der Waals surface area contributed by atoms with E-state index in [-0.39, 0.29) is 11.6 Å². The zero-order valence-electron chi connectivity index (χ0n) is 11.1. The second-order valence-corrected chi connectivity index (χ2v) is 5.21. The van der Waals surface area contributed by atoms with Crippen molar-refractivity contribution in [1.29, 1.82) is 0 Å². The fourth-order valence-corrected chi connectivity index (χ4v) is 2.24. The fraction of sp³-hybridized carbons (Fsp3) is 0.250. The van der Waals surface area contributed by atoms with Crippen LogP contribution in [-0.4, -0.2) is 0 Å². The van der Waals surface area contributed by atoms with Gasteiger partial charge in [0.2, 0.25) is 0 Å². The van der Waals surface area contributed by atoms with E-state index in [1.807, 2.05) is 6.92 Å². The number of aryl methyl sites for hydroxylation is 1. The van der Waals surface area contributed by atoms with Crippen LogP contribution in [0.15, 0.2) is 42.5 Å². The monoisotopic (exact) mass is 261 g/mol. The molecule has 1 nitrogen and oxygen atoms in total. The molecule has 0 amide bonds. The molecule has 0 aliphatic carbocycles. The zero-order chi connectivity index (χ0) is 14.0. The SMILES string of the molecule is Cc1ccc(F)c(C(C)(N)Cc2cccc(F)c2)c1. The third kappa shape index (κ3) is 3.18. The molecule has 100 valence electrons. The van der Waals surface area contributed by atoms with E-state index >= 15 is 0 Å². The highest BCUT2D eigenvalue weighted by Crippen LogP contribution is 2.26.